The minimum Gasteiger partial charge on any atom is -0.504 e. The standard InChI is InChI=1S/C46H45BrN4O6/c1-27-13-15-31(16-14-27)48-51-43(54)37-25-35-33(40(36-23-30(47)24-38(57-2)41(36)52)46(37,45(51)56)29-11-7-4-8-12-29)17-18-34-39(35)44(55)50(42(34)53)32-19-21-49(22-20-32)26-28-9-5-3-6-10-28/h3-17,23-24,32,34-35,37,39-40,48,52H,18-22,25-26H2,1-2H3. The topological polar surface area (TPSA) is 119 Å². The molecule has 2 aliphatic carbocycles. The van der Waals surface area contributed by atoms with E-state index in [9.17, 15) is 19.5 Å². The van der Waals surface area contributed by atoms with Gasteiger partial charge < -0.3 is 9.84 Å². The van der Waals surface area contributed by atoms with Crippen LogP contribution >= 0.6 is 15.9 Å². The number of aryl methyl sites for hydroxylation is 1. The first-order valence-corrected chi connectivity index (χ1v) is 20.6. The Kier molecular flexibility index (Phi) is 9.56. The van der Waals surface area contributed by atoms with Crippen LogP contribution in [0.1, 0.15) is 53.9 Å². The Morgan fingerprint density at radius 1 is 0.860 bits per heavy atom. The predicted octanol–water partition coefficient (Wildman–Crippen LogP) is 7.12. The zero-order valence-electron chi connectivity index (χ0n) is 31.9. The number of piperidine rings is 1. The molecule has 4 aromatic carbocycles. The van der Waals surface area contributed by atoms with E-state index >= 15 is 4.79 Å². The Hall–Kier alpha value is -5.26. The van der Waals surface area contributed by atoms with Crippen molar-refractivity contribution in [1.82, 2.24) is 14.8 Å². The lowest BCUT2D eigenvalue weighted by molar-refractivity contribution is -0.144. The summed E-state index contributed by atoms with van der Waals surface area (Å²) < 4.78 is 6.26. The molecular formula is C46H45BrN4O6. The maximum atomic E-state index is 15.5. The first kappa shape index (κ1) is 37.3. The molecule has 0 bridgehead atoms. The molecule has 11 heteroatoms. The van der Waals surface area contributed by atoms with Gasteiger partial charge in [-0.15, -0.1) is 0 Å². The number of nitrogens with one attached hydrogen (secondary N) is 1. The van der Waals surface area contributed by atoms with Crippen LogP contribution in [0, 0.1) is 30.6 Å². The number of hydrogen-bond acceptors (Lipinski definition) is 8. The minimum absolute atomic E-state index is 0.147. The molecule has 1 saturated carbocycles. The molecule has 6 atom stereocenters. The zero-order chi connectivity index (χ0) is 39.6. The van der Waals surface area contributed by atoms with Crippen molar-refractivity contribution < 1.29 is 29.0 Å². The lowest BCUT2D eigenvalue weighted by Gasteiger charge is -2.50. The van der Waals surface area contributed by atoms with E-state index < -0.39 is 46.8 Å². The van der Waals surface area contributed by atoms with Crippen molar-refractivity contribution in [3.63, 3.8) is 0 Å². The quantitative estimate of drug-likeness (QED) is 0.143. The highest BCUT2D eigenvalue weighted by atomic mass is 79.9. The Morgan fingerprint density at radius 3 is 2.23 bits per heavy atom. The number of fused-ring (bicyclic) bond motifs is 4. The second-order valence-electron chi connectivity index (χ2n) is 16.2. The predicted molar refractivity (Wildman–Crippen MR) is 218 cm³/mol. The van der Waals surface area contributed by atoms with E-state index in [1.807, 2.05) is 85.8 Å². The molecule has 0 spiro atoms. The van der Waals surface area contributed by atoms with Gasteiger partial charge in [0.15, 0.2) is 11.5 Å². The van der Waals surface area contributed by atoms with Gasteiger partial charge in [0.1, 0.15) is 0 Å². The van der Waals surface area contributed by atoms with Crippen LogP contribution in [0.5, 0.6) is 11.5 Å². The summed E-state index contributed by atoms with van der Waals surface area (Å²) in [6.07, 6.45) is 3.90. The highest BCUT2D eigenvalue weighted by Crippen LogP contribution is 2.65. The summed E-state index contributed by atoms with van der Waals surface area (Å²) >= 11 is 3.62. The van der Waals surface area contributed by atoms with Gasteiger partial charge in [-0.05, 0) is 73.9 Å². The highest BCUT2D eigenvalue weighted by Gasteiger charge is 2.71. The summed E-state index contributed by atoms with van der Waals surface area (Å²) in [7, 11) is 1.47. The fourth-order valence-electron chi connectivity index (χ4n) is 10.6. The van der Waals surface area contributed by atoms with Crippen LogP contribution in [0.4, 0.5) is 5.69 Å². The second-order valence-corrected chi connectivity index (χ2v) is 17.1. The first-order chi connectivity index (χ1) is 27.6. The summed E-state index contributed by atoms with van der Waals surface area (Å²) in [6.45, 7) is 4.32. The van der Waals surface area contributed by atoms with Crippen LogP contribution in [-0.4, -0.2) is 69.8 Å². The van der Waals surface area contributed by atoms with Gasteiger partial charge in [0.25, 0.3) is 11.8 Å². The minimum atomic E-state index is -1.51. The van der Waals surface area contributed by atoms with Crippen molar-refractivity contribution in [3.8, 4) is 11.5 Å². The molecule has 4 aromatic rings. The van der Waals surface area contributed by atoms with Gasteiger partial charge in [-0.2, -0.15) is 5.01 Å². The third-order valence-corrected chi connectivity index (χ3v) is 13.7. The van der Waals surface area contributed by atoms with Gasteiger partial charge in [0, 0.05) is 41.6 Å². The van der Waals surface area contributed by atoms with Crippen molar-refractivity contribution in [1.29, 1.82) is 0 Å². The van der Waals surface area contributed by atoms with Crippen LogP contribution in [0.2, 0.25) is 0 Å². The Labute approximate surface area is 340 Å². The third-order valence-electron chi connectivity index (χ3n) is 13.2. The number of allylic oxidation sites excluding steroid dienone is 2. The van der Waals surface area contributed by atoms with Gasteiger partial charge in [0.2, 0.25) is 11.8 Å². The number of rotatable bonds is 8. The van der Waals surface area contributed by atoms with Gasteiger partial charge >= 0.3 is 0 Å². The number of phenols is 1. The molecule has 10 nitrogen and oxygen atoms in total. The van der Waals surface area contributed by atoms with Crippen LogP contribution < -0.4 is 10.2 Å². The smallest absolute Gasteiger partial charge is 0.260 e. The number of hydrogen-bond donors (Lipinski definition) is 2. The molecule has 9 rings (SSSR count). The number of halogens is 1. The van der Waals surface area contributed by atoms with Gasteiger partial charge in [-0.3, -0.25) is 34.4 Å². The molecular weight excluding hydrogens is 784 g/mol. The Bertz CT molecular complexity index is 2280. The third kappa shape index (κ3) is 6.00. The average Bonchev–Trinajstić information content (AvgIpc) is 3.61. The Balaban J connectivity index is 1.13. The van der Waals surface area contributed by atoms with Crippen molar-refractivity contribution in [2.24, 2.45) is 23.7 Å². The zero-order valence-corrected chi connectivity index (χ0v) is 33.5. The summed E-state index contributed by atoms with van der Waals surface area (Å²) in [5.41, 5.74) is 6.28. The maximum Gasteiger partial charge on any atom is 0.260 e. The molecule has 3 aliphatic heterocycles. The number of imide groups is 2. The molecule has 3 heterocycles. The second kappa shape index (κ2) is 14.6. The number of hydrazine groups is 1. The SMILES string of the molecule is COc1cc(Br)cc(C2C3=CCC4C(=O)N(C5CCN(Cc6ccccc6)CC5)C(=O)C4C3CC3C(=O)N(Nc4ccc(C)cc4)C(=O)C32c2ccccc2)c1O. The lowest BCUT2D eigenvalue weighted by atomic mass is 9.49. The van der Waals surface area contributed by atoms with Crippen molar-refractivity contribution in [2.45, 2.75) is 56.5 Å². The molecule has 3 saturated heterocycles. The normalized spacial score (nSPS) is 27.6. The van der Waals surface area contributed by atoms with Crippen molar-refractivity contribution >= 4 is 45.2 Å². The first-order valence-electron chi connectivity index (χ1n) is 19.8. The van der Waals surface area contributed by atoms with Gasteiger partial charge in [0.05, 0.1) is 36.0 Å². The molecule has 0 radical (unpaired) electrons. The summed E-state index contributed by atoms with van der Waals surface area (Å²) in [5.74, 6) is -4.77. The van der Waals surface area contributed by atoms with Crippen LogP contribution in [0.3, 0.4) is 0 Å². The number of anilines is 1. The largest absolute Gasteiger partial charge is 0.504 e. The van der Waals surface area contributed by atoms with E-state index in [1.54, 1.807) is 17.0 Å². The maximum absolute atomic E-state index is 15.5. The van der Waals surface area contributed by atoms with E-state index in [2.05, 4.69) is 38.4 Å². The van der Waals surface area contributed by atoms with E-state index in [-0.39, 0.29) is 35.8 Å². The number of aromatic hydroxyl groups is 1. The van der Waals surface area contributed by atoms with E-state index in [4.69, 9.17) is 4.74 Å². The van der Waals surface area contributed by atoms with Crippen LogP contribution in [0.15, 0.2) is 113 Å². The molecule has 292 valence electrons. The van der Waals surface area contributed by atoms with E-state index in [0.29, 0.717) is 40.5 Å². The summed E-state index contributed by atoms with van der Waals surface area (Å²) in [5, 5.41) is 13.1. The van der Waals surface area contributed by atoms with Crippen LogP contribution in [0.25, 0.3) is 0 Å². The van der Waals surface area contributed by atoms with Crippen molar-refractivity contribution in [3.05, 3.63) is 135 Å². The number of methoxy groups -OCH3 is 1. The Morgan fingerprint density at radius 2 is 1.54 bits per heavy atom. The molecule has 0 aromatic heterocycles. The molecule has 57 heavy (non-hydrogen) atoms. The molecule has 5 aliphatic rings. The molecule has 4 fully saturated rings. The fraction of sp³-hybridized carbons (Fsp3) is 0.348. The van der Waals surface area contributed by atoms with Crippen LogP contribution in [-0.2, 0) is 31.1 Å². The van der Waals surface area contributed by atoms with Crippen molar-refractivity contribution in [2.75, 3.05) is 25.6 Å². The number of nitrogens with zero attached hydrogens (tertiary/aromatic N) is 3. The van der Waals surface area contributed by atoms with Gasteiger partial charge in [-0.1, -0.05) is 106 Å². The molecule has 2 N–H and O–H groups in total. The number of carbonyl (C=O) groups excluding carboxylic acids is 4. The summed E-state index contributed by atoms with van der Waals surface area (Å²) in [4.78, 5) is 63.6. The monoisotopic (exact) mass is 828 g/mol. The van der Waals surface area contributed by atoms with E-state index in [1.165, 1.54) is 12.7 Å². The molecule has 6 unspecified atom stereocenters. The number of benzene rings is 4. The fourth-order valence-corrected chi connectivity index (χ4v) is 11.1. The van der Waals surface area contributed by atoms with Gasteiger partial charge in [-0.25, -0.2) is 0 Å². The van der Waals surface area contributed by atoms with E-state index in [0.717, 1.165) is 35.8 Å². The number of ether oxygens (including phenoxy) is 1. The number of likely N-dealkylation sites (tertiary alicyclic amines) is 2. The molecule has 4 amide bonds. The number of phenolic OH excluding ortho intramolecular Hbond substituents is 1. The average molecular weight is 830 g/mol. The lowest BCUT2D eigenvalue weighted by Crippen LogP contribution is -2.53. The highest BCUT2D eigenvalue weighted by molar-refractivity contribution is 9.10. The number of amides is 4. The summed E-state index contributed by atoms with van der Waals surface area (Å²) in [6, 6.07) is 30.3. The number of carbonyl (C=O) groups is 4.